The van der Waals surface area contributed by atoms with E-state index in [4.69, 9.17) is 19.3 Å². The summed E-state index contributed by atoms with van der Waals surface area (Å²) in [5, 5.41) is 9.15. The minimum absolute atomic E-state index is 0.0498. The summed E-state index contributed by atoms with van der Waals surface area (Å²) in [6.45, 7) is 1.93. The summed E-state index contributed by atoms with van der Waals surface area (Å²) in [5.74, 6) is 0.0376. The van der Waals surface area contributed by atoms with Crippen LogP contribution in [0.1, 0.15) is 34.3 Å². The minimum atomic E-state index is -0.965. The Kier molecular flexibility index (Phi) is 5.83. The molecule has 170 valence electrons. The molecular formula is C25H24N2O6. The van der Waals surface area contributed by atoms with Crippen LogP contribution in [-0.2, 0) is 24.3 Å². The van der Waals surface area contributed by atoms with Gasteiger partial charge in [-0.05, 0) is 60.7 Å². The van der Waals surface area contributed by atoms with Crippen LogP contribution in [-0.4, -0.2) is 39.9 Å². The Morgan fingerprint density at radius 3 is 2.91 bits per heavy atom. The van der Waals surface area contributed by atoms with Crippen LogP contribution in [0.4, 0.5) is 0 Å². The van der Waals surface area contributed by atoms with Crippen LogP contribution in [0.2, 0.25) is 0 Å². The molecule has 0 bridgehead atoms. The van der Waals surface area contributed by atoms with Gasteiger partial charge in [0.25, 0.3) is 0 Å². The van der Waals surface area contributed by atoms with Crippen LogP contribution < -0.4 is 15.2 Å². The lowest BCUT2D eigenvalue weighted by Crippen LogP contribution is -2.29. The van der Waals surface area contributed by atoms with E-state index >= 15 is 0 Å². The molecule has 0 aliphatic carbocycles. The van der Waals surface area contributed by atoms with Crippen molar-refractivity contribution in [3.8, 4) is 22.9 Å². The maximum absolute atomic E-state index is 12.6. The SMILES string of the molecule is O=C(O)c1cccc(COc2ccc3c(c2)CCn2c-3cc(OCC3CCCO3)nc2=O)c1. The standard InChI is InChI=1S/C25H24N2O6/c28-24(29)18-4-1-3-16(11-18)14-32-19-6-7-21-17(12-19)8-9-27-22(21)13-23(26-25(27)30)33-15-20-5-2-10-31-20/h1,3-4,6-7,11-13,20H,2,5,8-10,14-15H2,(H,28,29). The first-order chi connectivity index (χ1) is 16.1. The van der Waals surface area contributed by atoms with Crippen LogP contribution in [0.15, 0.2) is 53.3 Å². The molecule has 3 aromatic rings. The maximum atomic E-state index is 12.6. The molecule has 1 unspecified atom stereocenters. The Morgan fingerprint density at radius 2 is 2.09 bits per heavy atom. The lowest BCUT2D eigenvalue weighted by atomic mass is 9.97. The number of carbonyl (C=O) groups is 1. The normalized spacial score (nSPS) is 16.7. The van der Waals surface area contributed by atoms with Crippen molar-refractivity contribution in [1.82, 2.24) is 9.55 Å². The smallest absolute Gasteiger partial charge is 0.351 e. The molecule has 2 aliphatic heterocycles. The lowest BCUT2D eigenvalue weighted by molar-refractivity contribution is 0.0661. The molecule has 1 fully saturated rings. The van der Waals surface area contributed by atoms with E-state index in [0.29, 0.717) is 31.2 Å². The van der Waals surface area contributed by atoms with E-state index in [2.05, 4.69) is 4.98 Å². The number of carboxylic acids is 1. The van der Waals surface area contributed by atoms with Gasteiger partial charge in [-0.2, -0.15) is 4.98 Å². The Labute approximate surface area is 190 Å². The Morgan fingerprint density at radius 1 is 1.18 bits per heavy atom. The number of carboxylic acid groups (broad SMARTS) is 1. The summed E-state index contributed by atoms with van der Waals surface area (Å²) in [5.41, 5.74) is 3.49. The van der Waals surface area contributed by atoms with Crippen molar-refractivity contribution in [2.75, 3.05) is 13.2 Å². The molecule has 3 heterocycles. The van der Waals surface area contributed by atoms with Gasteiger partial charge < -0.3 is 19.3 Å². The molecule has 2 aromatic carbocycles. The molecule has 8 heteroatoms. The van der Waals surface area contributed by atoms with E-state index in [1.165, 1.54) is 0 Å². The molecule has 0 spiro atoms. The highest BCUT2D eigenvalue weighted by atomic mass is 16.5. The van der Waals surface area contributed by atoms with Crippen molar-refractivity contribution >= 4 is 5.97 Å². The molecule has 1 atom stereocenters. The number of aromatic nitrogens is 2. The first kappa shape index (κ1) is 21.2. The van der Waals surface area contributed by atoms with Crippen molar-refractivity contribution in [2.24, 2.45) is 0 Å². The van der Waals surface area contributed by atoms with E-state index in [0.717, 1.165) is 41.8 Å². The van der Waals surface area contributed by atoms with Gasteiger partial charge in [0.2, 0.25) is 5.88 Å². The monoisotopic (exact) mass is 448 g/mol. The second-order valence-corrected chi connectivity index (χ2v) is 8.22. The molecule has 2 aliphatic rings. The molecule has 5 rings (SSSR count). The summed E-state index contributed by atoms with van der Waals surface area (Å²) < 4.78 is 18.9. The highest BCUT2D eigenvalue weighted by Crippen LogP contribution is 2.32. The van der Waals surface area contributed by atoms with E-state index in [1.54, 1.807) is 22.8 Å². The molecular weight excluding hydrogens is 424 g/mol. The highest BCUT2D eigenvalue weighted by molar-refractivity contribution is 5.87. The number of ether oxygens (including phenoxy) is 3. The van der Waals surface area contributed by atoms with Gasteiger partial charge in [0, 0.05) is 24.8 Å². The summed E-state index contributed by atoms with van der Waals surface area (Å²) in [7, 11) is 0. The number of fused-ring (bicyclic) bond motifs is 3. The van der Waals surface area contributed by atoms with Crippen molar-refractivity contribution in [2.45, 2.75) is 38.5 Å². The number of hydrogen-bond acceptors (Lipinski definition) is 6. The van der Waals surface area contributed by atoms with E-state index in [1.807, 2.05) is 30.3 Å². The third-order valence-corrected chi connectivity index (χ3v) is 5.97. The average molecular weight is 448 g/mol. The van der Waals surface area contributed by atoms with E-state index < -0.39 is 5.97 Å². The highest BCUT2D eigenvalue weighted by Gasteiger charge is 2.21. The van der Waals surface area contributed by atoms with Gasteiger partial charge in [-0.1, -0.05) is 12.1 Å². The summed E-state index contributed by atoms with van der Waals surface area (Å²) in [6, 6.07) is 14.3. The molecule has 0 radical (unpaired) electrons. The third-order valence-electron chi connectivity index (χ3n) is 5.97. The van der Waals surface area contributed by atoms with Gasteiger partial charge in [0.05, 0.1) is 17.4 Å². The third kappa shape index (κ3) is 4.61. The summed E-state index contributed by atoms with van der Waals surface area (Å²) >= 11 is 0. The lowest BCUT2D eigenvalue weighted by Gasteiger charge is -2.22. The Hall–Kier alpha value is -3.65. The first-order valence-electron chi connectivity index (χ1n) is 11.0. The van der Waals surface area contributed by atoms with Crippen LogP contribution >= 0.6 is 0 Å². The number of aryl methyl sites for hydroxylation is 1. The van der Waals surface area contributed by atoms with Gasteiger partial charge in [-0.15, -0.1) is 0 Å². The van der Waals surface area contributed by atoms with Crippen molar-refractivity contribution in [3.05, 3.63) is 75.7 Å². The van der Waals surface area contributed by atoms with Crippen LogP contribution in [0.3, 0.4) is 0 Å². The Balaban J connectivity index is 1.34. The zero-order valence-corrected chi connectivity index (χ0v) is 18.0. The van der Waals surface area contributed by atoms with Gasteiger partial charge in [-0.3, -0.25) is 4.57 Å². The van der Waals surface area contributed by atoms with Crippen LogP contribution in [0.25, 0.3) is 11.3 Å². The number of aromatic carboxylic acids is 1. The quantitative estimate of drug-likeness (QED) is 0.592. The zero-order valence-electron chi connectivity index (χ0n) is 18.0. The second kappa shape index (κ2) is 9.07. The molecule has 0 saturated carbocycles. The molecule has 8 nitrogen and oxygen atoms in total. The van der Waals surface area contributed by atoms with Gasteiger partial charge in [0.15, 0.2) is 0 Å². The topological polar surface area (TPSA) is 99.9 Å². The summed E-state index contributed by atoms with van der Waals surface area (Å²) in [6.07, 6.45) is 2.72. The maximum Gasteiger partial charge on any atom is 0.351 e. The van der Waals surface area contributed by atoms with Crippen LogP contribution in [0.5, 0.6) is 11.6 Å². The van der Waals surface area contributed by atoms with Crippen molar-refractivity contribution < 1.29 is 24.1 Å². The molecule has 33 heavy (non-hydrogen) atoms. The van der Waals surface area contributed by atoms with Gasteiger partial charge >= 0.3 is 11.7 Å². The number of benzene rings is 2. The fraction of sp³-hybridized carbons (Fsp3) is 0.320. The van der Waals surface area contributed by atoms with Crippen LogP contribution in [0, 0.1) is 0 Å². The predicted octanol–water partition coefficient (Wildman–Crippen LogP) is 3.30. The van der Waals surface area contributed by atoms with Gasteiger partial charge in [0.1, 0.15) is 19.0 Å². The minimum Gasteiger partial charge on any atom is -0.489 e. The molecule has 1 N–H and O–H groups in total. The van der Waals surface area contributed by atoms with Crippen molar-refractivity contribution in [3.63, 3.8) is 0 Å². The first-order valence-corrected chi connectivity index (χ1v) is 11.0. The van der Waals surface area contributed by atoms with E-state index in [9.17, 15) is 9.59 Å². The number of rotatable bonds is 7. The molecule has 1 saturated heterocycles. The Bertz CT molecular complexity index is 1250. The fourth-order valence-electron chi connectivity index (χ4n) is 4.26. The fourth-order valence-corrected chi connectivity index (χ4v) is 4.26. The van der Waals surface area contributed by atoms with Crippen molar-refractivity contribution in [1.29, 1.82) is 0 Å². The number of nitrogens with zero attached hydrogens (tertiary/aromatic N) is 2. The average Bonchev–Trinajstić information content (AvgIpc) is 3.35. The molecule has 1 aromatic heterocycles. The largest absolute Gasteiger partial charge is 0.489 e. The van der Waals surface area contributed by atoms with Gasteiger partial charge in [-0.25, -0.2) is 9.59 Å². The van der Waals surface area contributed by atoms with E-state index in [-0.39, 0.29) is 24.0 Å². The molecule has 0 amide bonds. The summed E-state index contributed by atoms with van der Waals surface area (Å²) in [4.78, 5) is 27.8. The second-order valence-electron chi connectivity index (χ2n) is 8.22. The zero-order chi connectivity index (χ0) is 22.8. The number of hydrogen-bond donors (Lipinski definition) is 1. The predicted molar refractivity (Wildman–Crippen MR) is 120 cm³/mol.